The highest BCUT2D eigenvalue weighted by atomic mass is 16.2. The number of benzene rings is 1. The van der Waals surface area contributed by atoms with Gasteiger partial charge in [-0.15, -0.1) is 0 Å². The van der Waals surface area contributed by atoms with Crippen molar-refractivity contribution in [3.8, 4) is 0 Å². The van der Waals surface area contributed by atoms with E-state index in [-0.39, 0.29) is 11.8 Å². The number of para-hydroxylation sites is 2. The summed E-state index contributed by atoms with van der Waals surface area (Å²) < 4.78 is 0. The highest BCUT2D eigenvalue weighted by Crippen LogP contribution is 2.30. The van der Waals surface area contributed by atoms with Crippen molar-refractivity contribution in [1.82, 2.24) is 10.3 Å². The number of aromatic nitrogens is 2. The highest BCUT2D eigenvalue weighted by molar-refractivity contribution is 5.79. The van der Waals surface area contributed by atoms with Crippen LogP contribution in [0.1, 0.15) is 46.0 Å². The van der Waals surface area contributed by atoms with Crippen molar-refractivity contribution in [2.24, 2.45) is 17.8 Å². The van der Waals surface area contributed by atoms with Gasteiger partial charge < -0.3 is 5.32 Å². The molecule has 1 saturated heterocycles. The maximum Gasteiger partial charge on any atom is 0.355 e. The number of anilines is 1. The Morgan fingerprint density at radius 1 is 1.15 bits per heavy atom. The largest absolute Gasteiger partial charge is 0.355 e. The number of nitrogens with zero attached hydrogens (tertiary/aromatic N) is 1. The molecule has 3 unspecified atom stereocenters. The second-order valence-electron chi connectivity index (χ2n) is 8.29. The molecule has 3 atom stereocenters. The number of aromatic amines is 2. The van der Waals surface area contributed by atoms with E-state index in [2.05, 4.69) is 46.2 Å². The van der Waals surface area contributed by atoms with Crippen LogP contribution in [0.25, 0.3) is 11.0 Å². The number of rotatable bonds is 3. The van der Waals surface area contributed by atoms with Gasteiger partial charge in [0.1, 0.15) is 11.0 Å². The fraction of sp³-hybridized carbons (Fsp3) is 0.619. The molecule has 5 heteroatoms. The van der Waals surface area contributed by atoms with E-state index in [0.717, 1.165) is 49.3 Å². The van der Waals surface area contributed by atoms with Gasteiger partial charge >= 0.3 is 5.95 Å². The summed E-state index contributed by atoms with van der Waals surface area (Å²) in [7, 11) is 0. The van der Waals surface area contributed by atoms with Crippen molar-refractivity contribution in [3.63, 3.8) is 0 Å². The number of piperidine rings is 1. The van der Waals surface area contributed by atoms with Gasteiger partial charge in [0.25, 0.3) is 0 Å². The van der Waals surface area contributed by atoms with Crippen molar-refractivity contribution >= 4 is 22.9 Å². The fourth-order valence-electron chi connectivity index (χ4n) is 4.60. The normalized spacial score (nSPS) is 27.6. The monoisotopic (exact) mass is 355 g/mol. The molecule has 0 radical (unpaired) electrons. The van der Waals surface area contributed by atoms with Crippen LogP contribution >= 0.6 is 0 Å². The molecule has 0 spiro atoms. The third-order valence-corrected chi connectivity index (χ3v) is 6.65. The van der Waals surface area contributed by atoms with Gasteiger partial charge in [0.2, 0.25) is 5.91 Å². The third kappa shape index (κ3) is 3.44. The maximum atomic E-state index is 12.8. The molecule has 0 bridgehead atoms. The van der Waals surface area contributed by atoms with E-state index in [1.807, 2.05) is 12.1 Å². The number of amides is 1. The molecule has 2 aromatic rings. The first-order chi connectivity index (χ1) is 12.6. The topological polar surface area (TPSA) is 62.3 Å². The van der Waals surface area contributed by atoms with Crippen molar-refractivity contribution in [2.75, 3.05) is 18.0 Å². The molecule has 1 aromatic carbocycles. The highest BCUT2D eigenvalue weighted by Gasteiger charge is 2.33. The summed E-state index contributed by atoms with van der Waals surface area (Å²) >= 11 is 0. The van der Waals surface area contributed by atoms with Crippen molar-refractivity contribution in [1.29, 1.82) is 0 Å². The summed E-state index contributed by atoms with van der Waals surface area (Å²) in [5.74, 6) is 2.79. The second kappa shape index (κ2) is 7.29. The molecular formula is C21H31N4O+. The summed E-state index contributed by atoms with van der Waals surface area (Å²) in [4.78, 5) is 22.0. The van der Waals surface area contributed by atoms with Crippen LogP contribution in [0.15, 0.2) is 24.3 Å². The Hall–Kier alpha value is -2.04. The number of fused-ring (bicyclic) bond motifs is 1. The van der Waals surface area contributed by atoms with Gasteiger partial charge in [0.05, 0.1) is 13.1 Å². The first-order valence-electron chi connectivity index (χ1n) is 10.2. The molecule has 2 aliphatic rings. The quantitative estimate of drug-likeness (QED) is 0.888. The minimum atomic E-state index is 0.153. The van der Waals surface area contributed by atoms with E-state index in [9.17, 15) is 4.79 Å². The van der Waals surface area contributed by atoms with E-state index >= 15 is 0 Å². The molecular weight excluding hydrogens is 324 g/mol. The third-order valence-electron chi connectivity index (χ3n) is 6.65. The number of imidazole rings is 1. The zero-order chi connectivity index (χ0) is 18.1. The predicted octanol–water partition coefficient (Wildman–Crippen LogP) is 3.14. The molecule has 1 aliphatic carbocycles. The van der Waals surface area contributed by atoms with E-state index in [1.165, 1.54) is 12.8 Å². The van der Waals surface area contributed by atoms with Crippen molar-refractivity contribution < 1.29 is 9.78 Å². The molecule has 3 N–H and O–H groups in total. The summed E-state index contributed by atoms with van der Waals surface area (Å²) in [6, 6.07) is 8.62. The summed E-state index contributed by atoms with van der Waals surface area (Å²) in [6.45, 7) is 6.44. The van der Waals surface area contributed by atoms with E-state index in [1.54, 1.807) is 0 Å². The van der Waals surface area contributed by atoms with Gasteiger partial charge in [-0.1, -0.05) is 38.8 Å². The zero-order valence-electron chi connectivity index (χ0n) is 15.9. The average molecular weight is 356 g/mol. The Labute approximate surface area is 155 Å². The minimum Gasteiger partial charge on any atom is -0.353 e. The molecule has 1 saturated carbocycles. The minimum absolute atomic E-state index is 0.153. The number of carbonyl (C=O) groups excluding carboxylic acids is 1. The van der Waals surface area contributed by atoms with Crippen LogP contribution in [-0.4, -0.2) is 30.0 Å². The van der Waals surface area contributed by atoms with Crippen LogP contribution in [0.5, 0.6) is 0 Å². The summed E-state index contributed by atoms with van der Waals surface area (Å²) in [5.41, 5.74) is 2.26. The number of hydrogen-bond acceptors (Lipinski definition) is 2. The number of H-pyrrole nitrogens is 2. The van der Waals surface area contributed by atoms with Crippen molar-refractivity contribution in [3.05, 3.63) is 24.3 Å². The molecule has 2 heterocycles. The molecule has 4 rings (SSSR count). The Morgan fingerprint density at radius 3 is 2.69 bits per heavy atom. The van der Waals surface area contributed by atoms with Crippen LogP contribution < -0.4 is 15.2 Å². The van der Waals surface area contributed by atoms with Crippen LogP contribution in [0.2, 0.25) is 0 Å². The lowest BCUT2D eigenvalue weighted by molar-refractivity contribution is -0.330. The lowest BCUT2D eigenvalue weighted by Crippen LogP contribution is -2.48. The lowest BCUT2D eigenvalue weighted by atomic mass is 9.78. The average Bonchev–Trinajstić information content (AvgIpc) is 3.10. The predicted molar refractivity (Wildman–Crippen MR) is 104 cm³/mol. The Bertz CT molecular complexity index is 729. The summed E-state index contributed by atoms with van der Waals surface area (Å²) in [5, 5.41) is 3.37. The molecule has 140 valence electrons. The smallest absolute Gasteiger partial charge is 0.353 e. The van der Waals surface area contributed by atoms with Gasteiger partial charge in [-0.3, -0.25) is 9.69 Å². The molecule has 26 heavy (non-hydrogen) atoms. The van der Waals surface area contributed by atoms with Gasteiger partial charge in [0, 0.05) is 12.0 Å². The van der Waals surface area contributed by atoms with Gasteiger partial charge in [-0.2, -0.15) is 0 Å². The molecule has 5 nitrogen and oxygen atoms in total. The Kier molecular flexibility index (Phi) is 4.88. The van der Waals surface area contributed by atoms with Gasteiger partial charge in [-0.25, -0.2) is 9.97 Å². The molecule has 1 aliphatic heterocycles. The van der Waals surface area contributed by atoms with Crippen LogP contribution in [0.3, 0.4) is 0 Å². The Balaban J connectivity index is 1.33. The van der Waals surface area contributed by atoms with Gasteiger partial charge in [0.15, 0.2) is 0 Å². The lowest BCUT2D eigenvalue weighted by Gasteiger charge is -2.36. The van der Waals surface area contributed by atoms with E-state index in [4.69, 9.17) is 0 Å². The fourth-order valence-corrected chi connectivity index (χ4v) is 4.60. The standard InChI is InChI=1S/C21H30N4O/c1-14-6-5-9-17(15(14)2)22-20(26)16-10-12-25(13-11-16)21-23-18-7-3-4-8-19(18)24-21/h3-4,7-8,14-17H,5-6,9-13H2,1-2H3,(H,22,26)(H,23,24)/p+1. The first kappa shape index (κ1) is 17.4. The molecule has 1 aromatic heterocycles. The summed E-state index contributed by atoms with van der Waals surface area (Å²) in [6.07, 6.45) is 5.52. The number of nitrogens with one attached hydrogen (secondary N) is 3. The van der Waals surface area contributed by atoms with Crippen molar-refractivity contribution in [2.45, 2.75) is 52.0 Å². The number of hydrogen-bond donors (Lipinski definition) is 2. The zero-order valence-corrected chi connectivity index (χ0v) is 15.9. The first-order valence-corrected chi connectivity index (χ1v) is 10.2. The number of carbonyl (C=O) groups is 1. The van der Waals surface area contributed by atoms with Crippen LogP contribution in [-0.2, 0) is 4.79 Å². The van der Waals surface area contributed by atoms with Gasteiger partial charge in [-0.05, 0) is 43.2 Å². The Morgan fingerprint density at radius 2 is 1.92 bits per heavy atom. The second-order valence-corrected chi connectivity index (χ2v) is 8.29. The van der Waals surface area contributed by atoms with Crippen LogP contribution in [0, 0.1) is 17.8 Å². The van der Waals surface area contributed by atoms with E-state index in [0.29, 0.717) is 17.9 Å². The molecule has 2 fully saturated rings. The van der Waals surface area contributed by atoms with Crippen LogP contribution in [0.4, 0.5) is 5.95 Å². The maximum absolute atomic E-state index is 12.8. The van der Waals surface area contributed by atoms with E-state index < -0.39 is 0 Å². The SMILES string of the molecule is CC1CCCC(NC(=O)C2CCN(c3[nH]c4ccccc4[nH+]3)CC2)C1C. The molecule has 1 amide bonds.